The molecule has 2 amide bonds. The fourth-order valence-electron chi connectivity index (χ4n) is 1.14. The molecule has 0 aliphatic heterocycles. The number of rotatable bonds is 3. The van der Waals surface area contributed by atoms with E-state index in [4.69, 9.17) is 0 Å². The Bertz CT molecular complexity index is 283. The summed E-state index contributed by atoms with van der Waals surface area (Å²) in [5.41, 5.74) is 0. The highest BCUT2D eigenvalue weighted by Gasteiger charge is 2.08. The lowest BCUT2D eigenvalue weighted by Gasteiger charge is -2.18. The number of aromatic nitrogens is 1. The van der Waals surface area contributed by atoms with Crippen LogP contribution in [0.3, 0.4) is 0 Å². The third kappa shape index (κ3) is 2.73. The van der Waals surface area contributed by atoms with Crippen LogP contribution in [0.4, 0.5) is 10.6 Å². The molecule has 1 aromatic heterocycles. The molecule has 0 aliphatic rings. The van der Waals surface area contributed by atoms with Gasteiger partial charge < -0.3 is 4.90 Å². The first-order valence-corrected chi connectivity index (χ1v) is 4.74. The lowest BCUT2D eigenvalue weighted by Crippen LogP contribution is -2.34. The molecule has 0 radical (unpaired) electrons. The van der Waals surface area contributed by atoms with E-state index in [-0.39, 0.29) is 6.03 Å². The fourth-order valence-corrected chi connectivity index (χ4v) is 1.14. The van der Waals surface area contributed by atoms with Gasteiger partial charge in [0.15, 0.2) is 0 Å². The van der Waals surface area contributed by atoms with Crippen LogP contribution < -0.4 is 5.32 Å². The third-order valence-electron chi connectivity index (χ3n) is 1.95. The average molecular weight is 193 g/mol. The number of amides is 2. The van der Waals surface area contributed by atoms with Crippen LogP contribution >= 0.6 is 0 Å². The van der Waals surface area contributed by atoms with Gasteiger partial charge in [-0.2, -0.15) is 0 Å². The van der Waals surface area contributed by atoms with Gasteiger partial charge in [-0.15, -0.1) is 0 Å². The number of nitrogens with one attached hydrogen (secondary N) is 1. The molecule has 0 fully saturated rings. The summed E-state index contributed by atoms with van der Waals surface area (Å²) in [6, 6.07) is 5.31. The van der Waals surface area contributed by atoms with Crippen LogP contribution in [-0.2, 0) is 0 Å². The number of hydrogen-bond donors (Lipinski definition) is 1. The van der Waals surface area contributed by atoms with Gasteiger partial charge >= 0.3 is 6.03 Å². The van der Waals surface area contributed by atoms with E-state index in [0.29, 0.717) is 18.9 Å². The van der Waals surface area contributed by atoms with Crippen LogP contribution in [0.2, 0.25) is 0 Å². The molecule has 0 bridgehead atoms. The van der Waals surface area contributed by atoms with Crippen LogP contribution in [0.25, 0.3) is 0 Å². The maximum atomic E-state index is 11.5. The summed E-state index contributed by atoms with van der Waals surface area (Å²) in [5, 5.41) is 2.72. The zero-order valence-electron chi connectivity index (χ0n) is 8.53. The topological polar surface area (TPSA) is 45.2 Å². The van der Waals surface area contributed by atoms with E-state index in [9.17, 15) is 4.79 Å². The Kier molecular flexibility index (Phi) is 3.91. The van der Waals surface area contributed by atoms with Gasteiger partial charge in [0.25, 0.3) is 0 Å². The summed E-state index contributed by atoms with van der Waals surface area (Å²) in [7, 11) is 0. The highest BCUT2D eigenvalue weighted by atomic mass is 16.2. The predicted molar refractivity (Wildman–Crippen MR) is 56.2 cm³/mol. The predicted octanol–water partition coefficient (Wildman–Crippen LogP) is 1.96. The van der Waals surface area contributed by atoms with Gasteiger partial charge in [-0.3, -0.25) is 5.32 Å². The normalized spacial score (nSPS) is 9.57. The minimum absolute atomic E-state index is 0.103. The van der Waals surface area contributed by atoms with Gasteiger partial charge in [-0.1, -0.05) is 6.07 Å². The maximum Gasteiger partial charge on any atom is 0.322 e. The first-order valence-electron chi connectivity index (χ1n) is 4.74. The number of nitrogens with zero attached hydrogens (tertiary/aromatic N) is 2. The number of urea groups is 1. The summed E-state index contributed by atoms with van der Waals surface area (Å²) < 4.78 is 0. The van der Waals surface area contributed by atoms with E-state index in [1.54, 1.807) is 17.2 Å². The molecular weight excluding hydrogens is 178 g/mol. The Labute approximate surface area is 83.9 Å². The standard InChI is InChI=1S/C10H15N3O/c1-3-13(4-2)10(14)12-9-7-5-6-8-11-9/h5-8H,3-4H2,1-2H3,(H,11,12,14). The first kappa shape index (κ1) is 10.5. The Morgan fingerprint density at radius 2 is 2.14 bits per heavy atom. The Morgan fingerprint density at radius 3 is 2.64 bits per heavy atom. The fraction of sp³-hybridized carbons (Fsp3) is 0.400. The number of carbonyl (C=O) groups excluding carboxylic acids is 1. The smallest absolute Gasteiger partial charge is 0.322 e. The van der Waals surface area contributed by atoms with Crippen LogP contribution in [0, 0.1) is 0 Å². The number of hydrogen-bond acceptors (Lipinski definition) is 2. The van der Waals surface area contributed by atoms with Crippen molar-refractivity contribution in [2.24, 2.45) is 0 Å². The summed E-state index contributed by atoms with van der Waals surface area (Å²) in [6.45, 7) is 5.30. The molecule has 0 aromatic carbocycles. The summed E-state index contributed by atoms with van der Waals surface area (Å²) in [6.07, 6.45) is 1.65. The van der Waals surface area contributed by atoms with E-state index in [1.165, 1.54) is 0 Å². The quantitative estimate of drug-likeness (QED) is 0.797. The minimum atomic E-state index is -0.103. The van der Waals surface area contributed by atoms with E-state index >= 15 is 0 Å². The van der Waals surface area contributed by atoms with Crippen LogP contribution in [0.1, 0.15) is 13.8 Å². The van der Waals surface area contributed by atoms with Crippen molar-refractivity contribution in [2.45, 2.75) is 13.8 Å². The second-order valence-electron chi connectivity index (χ2n) is 2.82. The van der Waals surface area contributed by atoms with E-state index in [0.717, 1.165) is 0 Å². The van der Waals surface area contributed by atoms with Crippen molar-refractivity contribution in [3.63, 3.8) is 0 Å². The monoisotopic (exact) mass is 193 g/mol. The second-order valence-corrected chi connectivity index (χ2v) is 2.82. The van der Waals surface area contributed by atoms with Gasteiger partial charge in [0.05, 0.1) is 0 Å². The Hall–Kier alpha value is -1.58. The zero-order valence-corrected chi connectivity index (χ0v) is 8.53. The number of carbonyl (C=O) groups is 1. The molecule has 1 N–H and O–H groups in total. The molecule has 1 aromatic rings. The van der Waals surface area contributed by atoms with Gasteiger partial charge in [0.2, 0.25) is 0 Å². The van der Waals surface area contributed by atoms with Crippen LogP contribution in [0.5, 0.6) is 0 Å². The van der Waals surface area contributed by atoms with E-state index in [1.807, 2.05) is 26.0 Å². The van der Waals surface area contributed by atoms with Crippen LogP contribution in [0.15, 0.2) is 24.4 Å². The van der Waals surface area contributed by atoms with Gasteiger partial charge in [-0.25, -0.2) is 9.78 Å². The molecule has 0 aliphatic carbocycles. The molecule has 0 unspecified atom stereocenters. The molecule has 4 heteroatoms. The second kappa shape index (κ2) is 5.21. The minimum Gasteiger partial charge on any atom is -0.325 e. The third-order valence-corrected chi connectivity index (χ3v) is 1.95. The molecule has 0 spiro atoms. The summed E-state index contributed by atoms with van der Waals surface area (Å²) >= 11 is 0. The molecule has 14 heavy (non-hydrogen) atoms. The highest BCUT2D eigenvalue weighted by molar-refractivity contribution is 5.88. The molecule has 1 rings (SSSR count). The molecule has 0 saturated carbocycles. The van der Waals surface area contributed by atoms with Crippen molar-refractivity contribution in [1.82, 2.24) is 9.88 Å². The molecule has 0 saturated heterocycles. The zero-order chi connectivity index (χ0) is 10.4. The molecule has 1 heterocycles. The van der Waals surface area contributed by atoms with Crippen molar-refractivity contribution in [3.05, 3.63) is 24.4 Å². The SMILES string of the molecule is CCN(CC)C(=O)Nc1ccccn1. The van der Waals surface area contributed by atoms with Crippen molar-refractivity contribution >= 4 is 11.8 Å². The summed E-state index contributed by atoms with van der Waals surface area (Å²) in [4.78, 5) is 17.3. The van der Waals surface area contributed by atoms with Gasteiger partial charge in [0, 0.05) is 19.3 Å². The van der Waals surface area contributed by atoms with Crippen molar-refractivity contribution in [3.8, 4) is 0 Å². The lowest BCUT2D eigenvalue weighted by molar-refractivity contribution is 0.217. The molecule has 76 valence electrons. The maximum absolute atomic E-state index is 11.5. The van der Waals surface area contributed by atoms with Gasteiger partial charge in [-0.05, 0) is 26.0 Å². The highest BCUT2D eigenvalue weighted by Crippen LogP contribution is 2.01. The van der Waals surface area contributed by atoms with E-state index < -0.39 is 0 Å². The van der Waals surface area contributed by atoms with Crippen molar-refractivity contribution in [1.29, 1.82) is 0 Å². The number of anilines is 1. The summed E-state index contributed by atoms with van der Waals surface area (Å²) in [5.74, 6) is 0.587. The molecule has 0 atom stereocenters. The van der Waals surface area contributed by atoms with Crippen LogP contribution in [-0.4, -0.2) is 29.0 Å². The first-order chi connectivity index (χ1) is 6.77. The molecular formula is C10H15N3O. The molecule has 4 nitrogen and oxygen atoms in total. The largest absolute Gasteiger partial charge is 0.325 e. The van der Waals surface area contributed by atoms with Gasteiger partial charge in [0.1, 0.15) is 5.82 Å². The lowest BCUT2D eigenvalue weighted by atomic mass is 10.4. The van der Waals surface area contributed by atoms with Crippen molar-refractivity contribution in [2.75, 3.05) is 18.4 Å². The van der Waals surface area contributed by atoms with Crippen molar-refractivity contribution < 1.29 is 4.79 Å². The Balaban J connectivity index is 2.57. The van der Waals surface area contributed by atoms with E-state index in [2.05, 4.69) is 10.3 Å². The number of pyridine rings is 1. The average Bonchev–Trinajstić information content (AvgIpc) is 2.21. The Morgan fingerprint density at radius 1 is 1.43 bits per heavy atom.